The fourth-order valence-electron chi connectivity index (χ4n) is 2.52. The minimum Gasteiger partial charge on any atom is -0.478 e. The van der Waals surface area contributed by atoms with Crippen LogP contribution >= 0.6 is 11.8 Å². The lowest BCUT2D eigenvalue weighted by molar-refractivity contribution is 0.0693. The number of carboxylic acids is 1. The van der Waals surface area contributed by atoms with Crippen molar-refractivity contribution in [1.29, 1.82) is 0 Å². The van der Waals surface area contributed by atoms with Crippen LogP contribution in [0.15, 0.2) is 23.1 Å². The molecule has 1 N–H and O–H groups in total. The Morgan fingerprint density at radius 2 is 2.11 bits per heavy atom. The average molecular weight is 279 g/mol. The third-order valence-corrected chi connectivity index (χ3v) is 4.58. The van der Waals surface area contributed by atoms with Crippen LogP contribution in [0.3, 0.4) is 0 Å². The fourth-order valence-corrected chi connectivity index (χ4v) is 3.35. The molecule has 1 aliphatic heterocycles. The molecule has 0 aromatic heterocycles. The van der Waals surface area contributed by atoms with E-state index in [-0.39, 0.29) is 0 Å². The van der Waals surface area contributed by atoms with Gasteiger partial charge in [0.15, 0.2) is 0 Å². The Morgan fingerprint density at radius 1 is 1.42 bits per heavy atom. The van der Waals surface area contributed by atoms with E-state index in [2.05, 4.69) is 11.8 Å². The minimum absolute atomic E-state index is 0.476. The number of benzene rings is 1. The number of anilines is 1. The first-order valence-electron chi connectivity index (χ1n) is 6.87. The number of thioether (sulfide) groups is 1. The molecule has 0 saturated carbocycles. The van der Waals surface area contributed by atoms with Crippen molar-refractivity contribution in [2.45, 2.75) is 31.6 Å². The normalized spacial score (nSPS) is 16.6. The lowest BCUT2D eigenvalue weighted by Crippen LogP contribution is -2.34. The number of nitrogens with zero attached hydrogens (tertiary/aromatic N) is 1. The van der Waals surface area contributed by atoms with E-state index < -0.39 is 5.97 Å². The first-order valence-corrected chi connectivity index (χ1v) is 7.86. The lowest BCUT2D eigenvalue weighted by Gasteiger charge is -2.33. The summed E-state index contributed by atoms with van der Waals surface area (Å²) in [6, 6.07) is 5.82. The summed E-state index contributed by atoms with van der Waals surface area (Å²) in [6.07, 6.45) is 2.29. The number of rotatable bonds is 4. The number of carboxylic acid groups (broad SMARTS) is 1. The van der Waals surface area contributed by atoms with Gasteiger partial charge in [-0.15, -0.1) is 11.8 Å². The number of hydrogen-bond acceptors (Lipinski definition) is 3. The maximum Gasteiger partial charge on any atom is 0.338 e. The predicted molar refractivity (Wildman–Crippen MR) is 80.4 cm³/mol. The van der Waals surface area contributed by atoms with Gasteiger partial charge in [0, 0.05) is 18.0 Å². The van der Waals surface area contributed by atoms with Gasteiger partial charge in [-0.25, -0.2) is 4.79 Å². The van der Waals surface area contributed by atoms with Gasteiger partial charge in [-0.3, -0.25) is 0 Å². The van der Waals surface area contributed by atoms with E-state index in [0.717, 1.165) is 48.2 Å². The van der Waals surface area contributed by atoms with Gasteiger partial charge >= 0.3 is 5.97 Å². The van der Waals surface area contributed by atoms with Crippen LogP contribution in [0.5, 0.6) is 0 Å². The van der Waals surface area contributed by atoms with Gasteiger partial charge in [-0.2, -0.15) is 0 Å². The number of hydrogen-bond donors (Lipinski definition) is 1. The Labute approximate surface area is 119 Å². The quantitative estimate of drug-likeness (QED) is 0.853. The Kier molecular flexibility index (Phi) is 4.75. The minimum atomic E-state index is -0.815. The van der Waals surface area contributed by atoms with Gasteiger partial charge in [0.1, 0.15) is 0 Å². The molecular weight excluding hydrogens is 258 g/mol. The van der Waals surface area contributed by atoms with Gasteiger partial charge in [0.25, 0.3) is 0 Å². The van der Waals surface area contributed by atoms with Crippen molar-refractivity contribution >= 4 is 23.4 Å². The van der Waals surface area contributed by atoms with E-state index in [0.29, 0.717) is 5.56 Å². The van der Waals surface area contributed by atoms with Gasteiger partial charge in [0.2, 0.25) is 0 Å². The van der Waals surface area contributed by atoms with E-state index in [1.165, 1.54) is 0 Å². The van der Waals surface area contributed by atoms with Crippen molar-refractivity contribution in [1.82, 2.24) is 0 Å². The summed E-state index contributed by atoms with van der Waals surface area (Å²) in [5.41, 5.74) is 1.36. The van der Waals surface area contributed by atoms with Crippen molar-refractivity contribution in [3.05, 3.63) is 23.8 Å². The number of piperidine rings is 1. The van der Waals surface area contributed by atoms with E-state index in [9.17, 15) is 9.90 Å². The van der Waals surface area contributed by atoms with Crippen LogP contribution in [-0.4, -0.2) is 29.9 Å². The molecule has 104 valence electrons. The van der Waals surface area contributed by atoms with Crippen LogP contribution in [-0.2, 0) is 0 Å². The summed E-state index contributed by atoms with van der Waals surface area (Å²) in [7, 11) is 0. The molecule has 0 unspecified atom stereocenters. The molecule has 0 radical (unpaired) electrons. The molecule has 3 nitrogen and oxygen atoms in total. The molecule has 0 spiro atoms. The Bertz CT molecular complexity index is 453. The standard InChI is InChI=1S/C15H21NO2S/c1-3-19-13-6-4-5-12(14(13)15(17)18)16-9-7-11(2)8-10-16/h4-6,11H,3,7-10H2,1-2H3,(H,17,18). The molecule has 0 atom stereocenters. The third-order valence-electron chi connectivity index (χ3n) is 3.64. The number of carbonyl (C=O) groups is 1. The fraction of sp³-hybridized carbons (Fsp3) is 0.533. The second-order valence-electron chi connectivity index (χ2n) is 5.06. The number of aromatic carboxylic acids is 1. The smallest absolute Gasteiger partial charge is 0.338 e. The zero-order chi connectivity index (χ0) is 13.8. The van der Waals surface area contributed by atoms with Crippen molar-refractivity contribution in [2.75, 3.05) is 23.7 Å². The molecule has 1 aromatic carbocycles. The molecule has 19 heavy (non-hydrogen) atoms. The molecule has 4 heteroatoms. The first-order chi connectivity index (χ1) is 9.13. The van der Waals surface area contributed by atoms with Crippen LogP contribution in [0.2, 0.25) is 0 Å². The summed E-state index contributed by atoms with van der Waals surface area (Å²) >= 11 is 1.60. The van der Waals surface area contributed by atoms with Crippen LogP contribution < -0.4 is 4.90 Å². The Hall–Kier alpha value is -1.16. The summed E-state index contributed by atoms with van der Waals surface area (Å²) in [6.45, 7) is 6.23. The third kappa shape index (κ3) is 3.24. The highest BCUT2D eigenvalue weighted by molar-refractivity contribution is 7.99. The zero-order valence-corrected chi connectivity index (χ0v) is 12.4. The largest absolute Gasteiger partial charge is 0.478 e. The van der Waals surface area contributed by atoms with Crippen LogP contribution in [0.25, 0.3) is 0 Å². The average Bonchev–Trinajstić information content (AvgIpc) is 2.39. The highest BCUT2D eigenvalue weighted by Crippen LogP contribution is 2.33. The molecule has 0 aliphatic carbocycles. The summed E-state index contributed by atoms with van der Waals surface area (Å²) in [5.74, 6) is 0.823. The van der Waals surface area contributed by atoms with Gasteiger partial charge in [-0.1, -0.05) is 19.9 Å². The Balaban J connectivity index is 2.33. The first kappa shape index (κ1) is 14.3. The second kappa shape index (κ2) is 6.33. The van der Waals surface area contributed by atoms with Crippen LogP contribution in [0, 0.1) is 5.92 Å². The van der Waals surface area contributed by atoms with Gasteiger partial charge in [-0.05, 0) is 36.6 Å². The SMILES string of the molecule is CCSc1cccc(N2CCC(C)CC2)c1C(=O)O. The molecule has 1 aliphatic rings. The summed E-state index contributed by atoms with van der Waals surface area (Å²) in [4.78, 5) is 14.7. The van der Waals surface area contributed by atoms with E-state index in [4.69, 9.17) is 0 Å². The molecule has 1 aromatic rings. The summed E-state index contributed by atoms with van der Waals surface area (Å²) < 4.78 is 0. The Morgan fingerprint density at radius 3 is 2.68 bits per heavy atom. The van der Waals surface area contributed by atoms with E-state index >= 15 is 0 Å². The highest BCUT2D eigenvalue weighted by Gasteiger charge is 2.22. The van der Waals surface area contributed by atoms with E-state index in [1.54, 1.807) is 11.8 Å². The molecule has 0 amide bonds. The molecule has 1 heterocycles. The van der Waals surface area contributed by atoms with Gasteiger partial charge < -0.3 is 10.0 Å². The van der Waals surface area contributed by atoms with Crippen molar-refractivity contribution in [3.8, 4) is 0 Å². The lowest BCUT2D eigenvalue weighted by atomic mass is 9.98. The van der Waals surface area contributed by atoms with Crippen LogP contribution in [0.1, 0.15) is 37.0 Å². The highest BCUT2D eigenvalue weighted by atomic mass is 32.2. The van der Waals surface area contributed by atoms with Gasteiger partial charge in [0.05, 0.1) is 11.3 Å². The predicted octanol–water partition coefficient (Wildman–Crippen LogP) is 3.73. The topological polar surface area (TPSA) is 40.5 Å². The second-order valence-corrected chi connectivity index (χ2v) is 6.36. The van der Waals surface area contributed by atoms with Crippen molar-refractivity contribution in [3.63, 3.8) is 0 Å². The molecule has 1 saturated heterocycles. The monoisotopic (exact) mass is 279 g/mol. The molecule has 2 rings (SSSR count). The maximum absolute atomic E-state index is 11.6. The zero-order valence-electron chi connectivity index (χ0n) is 11.6. The maximum atomic E-state index is 11.6. The molecule has 1 fully saturated rings. The molecular formula is C15H21NO2S. The van der Waals surface area contributed by atoms with Crippen molar-refractivity contribution < 1.29 is 9.90 Å². The molecule has 0 bridgehead atoms. The van der Waals surface area contributed by atoms with Crippen LogP contribution in [0.4, 0.5) is 5.69 Å². The van der Waals surface area contributed by atoms with Crippen molar-refractivity contribution in [2.24, 2.45) is 5.92 Å². The summed E-state index contributed by atoms with van der Waals surface area (Å²) in [5, 5.41) is 9.52. The van der Waals surface area contributed by atoms with E-state index in [1.807, 2.05) is 25.1 Å².